The Morgan fingerprint density at radius 3 is 2.46 bits per heavy atom. The predicted molar refractivity (Wildman–Crippen MR) is 109 cm³/mol. The third-order valence-electron chi connectivity index (χ3n) is 4.64. The first-order valence-corrected chi connectivity index (χ1v) is 10.3. The Morgan fingerprint density at radius 1 is 0.885 bits per heavy atom. The molecule has 26 heavy (non-hydrogen) atoms. The van der Waals surface area contributed by atoms with E-state index in [-0.39, 0.29) is 0 Å². The van der Waals surface area contributed by atoms with Gasteiger partial charge in [0.2, 0.25) is 0 Å². The number of aromatic nitrogens is 3. The number of thiazole rings is 1. The standard InChI is InChI=1S/C19H17N5S2/c1-2-4-14(5-3-1)16-12-15-17(21-13-22-18(15)26-16)23-7-9-24(10-8-23)19-20-6-11-25-19/h1-6,11-13H,7-10H2. The van der Waals surface area contributed by atoms with E-state index < -0.39 is 0 Å². The van der Waals surface area contributed by atoms with Crippen LogP contribution in [0.3, 0.4) is 0 Å². The second kappa shape index (κ2) is 6.66. The number of thiophene rings is 1. The topological polar surface area (TPSA) is 45.2 Å². The lowest BCUT2D eigenvalue weighted by Crippen LogP contribution is -2.46. The van der Waals surface area contributed by atoms with Gasteiger partial charge in [0.25, 0.3) is 0 Å². The Balaban J connectivity index is 1.43. The van der Waals surface area contributed by atoms with Crippen molar-refractivity contribution in [1.82, 2.24) is 15.0 Å². The van der Waals surface area contributed by atoms with E-state index >= 15 is 0 Å². The van der Waals surface area contributed by atoms with Crippen molar-refractivity contribution < 1.29 is 0 Å². The van der Waals surface area contributed by atoms with Crippen LogP contribution >= 0.6 is 22.7 Å². The number of nitrogens with zero attached hydrogens (tertiary/aromatic N) is 5. The highest BCUT2D eigenvalue weighted by Gasteiger charge is 2.22. The number of benzene rings is 1. The monoisotopic (exact) mass is 379 g/mol. The predicted octanol–water partition coefficient (Wildman–Crippen LogP) is 4.14. The van der Waals surface area contributed by atoms with E-state index in [0.717, 1.165) is 47.3 Å². The zero-order valence-corrected chi connectivity index (χ0v) is 15.7. The van der Waals surface area contributed by atoms with Gasteiger partial charge in [-0.25, -0.2) is 15.0 Å². The van der Waals surface area contributed by atoms with Crippen LogP contribution in [0.25, 0.3) is 20.7 Å². The molecule has 0 N–H and O–H groups in total. The van der Waals surface area contributed by atoms with E-state index in [9.17, 15) is 0 Å². The van der Waals surface area contributed by atoms with Crippen LogP contribution in [0, 0.1) is 0 Å². The fraction of sp³-hybridized carbons (Fsp3) is 0.211. The molecule has 5 nitrogen and oxygen atoms in total. The Kier molecular flexibility index (Phi) is 4.03. The molecule has 0 spiro atoms. The molecule has 5 rings (SSSR count). The van der Waals surface area contributed by atoms with E-state index in [4.69, 9.17) is 0 Å². The average Bonchev–Trinajstić information content (AvgIpc) is 3.38. The van der Waals surface area contributed by atoms with Crippen LogP contribution < -0.4 is 9.80 Å². The van der Waals surface area contributed by atoms with Gasteiger partial charge in [0.1, 0.15) is 17.0 Å². The van der Waals surface area contributed by atoms with Crippen molar-refractivity contribution in [1.29, 1.82) is 0 Å². The van der Waals surface area contributed by atoms with Crippen LogP contribution in [-0.2, 0) is 0 Å². The van der Waals surface area contributed by atoms with Crippen molar-refractivity contribution in [3.8, 4) is 10.4 Å². The van der Waals surface area contributed by atoms with E-state index in [1.54, 1.807) is 29.0 Å². The van der Waals surface area contributed by atoms with E-state index in [2.05, 4.69) is 55.1 Å². The molecule has 0 bridgehead atoms. The van der Waals surface area contributed by atoms with Gasteiger partial charge in [0, 0.05) is 42.6 Å². The van der Waals surface area contributed by atoms with Gasteiger partial charge >= 0.3 is 0 Å². The molecule has 7 heteroatoms. The summed E-state index contributed by atoms with van der Waals surface area (Å²) in [6, 6.07) is 12.7. The Morgan fingerprint density at radius 2 is 1.69 bits per heavy atom. The third kappa shape index (κ3) is 2.83. The molecule has 1 aromatic carbocycles. The minimum absolute atomic E-state index is 0.947. The molecule has 0 amide bonds. The fourth-order valence-corrected chi connectivity index (χ4v) is 5.02. The van der Waals surface area contributed by atoms with Gasteiger partial charge in [-0.1, -0.05) is 30.3 Å². The molecule has 1 fully saturated rings. The van der Waals surface area contributed by atoms with Crippen LogP contribution in [0.4, 0.5) is 10.9 Å². The lowest BCUT2D eigenvalue weighted by atomic mass is 10.2. The smallest absolute Gasteiger partial charge is 0.185 e. The minimum Gasteiger partial charge on any atom is -0.352 e. The van der Waals surface area contributed by atoms with Gasteiger partial charge in [-0.2, -0.15) is 0 Å². The van der Waals surface area contributed by atoms with Crippen LogP contribution in [0.5, 0.6) is 0 Å². The van der Waals surface area contributed by atoms with Crippen molar-refractivity contribution in [3.63, 3.8) is 0 Å². The zero-order chi connectivity index (χ0) is 17.3. The van der Waals surface area contributed by atoms with Crippen LogP contribution in [0.15, 0.2) is 54.3 Å². The Hall–Kier alpha value is -2.51. The van der Waals surface area contributed by atoms with Gasteiger partial charge in [-0.05, 0) is 11.6 Å². The summed E-state index contributed by atoms with van der Waals surface area (Å²) in [4.78, 5) is 20.6. The van der Waals surface area contributed by atoms with Gasteiger partial charge in [-0.15, -0.1) is 22.7 Å². The first-order chi connectivity index (χ1) is 12.9. The molecule has 0 atom stereocenters. The number of fused-ring (bicyclic) bond motifs is 1. The summed E-state index contributed by atoms with van der Waals surface area (Å²) in [6.45, 7) is 3.83. The third-order valence-corrected chi connectivity index (χ3v) is 6.56. The van der Waals surface area contributed by atoms with E-state index in [1.165, 1.54) is 10.4 Å². The van der Waals surface area contributed by atoms with Gasteiger partial charge in [0.05, 0.1) is 5.39 Å². The molecule has 1 aliphatic heterocycles. The second-order valence-electron chi connectivity index (χ2n) is 6.18. The molecule has 130 valence electrons. The zero-order valence-electron chi connectivity index (χ0n) is 14.1. The summed E-state index contributed by atoms with van der Waals surface area (Å²) in [5, 5.41) is 4.30. The highest BCUT2D eigenvalue weighted by molar-refractivity contribution is 7.21. The van der Waals surface area contributed by atoms with Gasteiger partial charge < -0.3 is 9.80 Å². The summed E-state index contributed by atoms with van der Waals surface area (Å²) in [7, 11) is 0. The second-order valence-corrected chi connectivity index (χ2v) is 8.09. The first-order valence-electron chi connectivity index (χ1n) is 8.58. The van der Waals surface area contributed by atoms with Crippen molar-refractivity contribution in [2.75, 3.05) is 36.0 Å². The Bertz CT molecular complexity index is 1010. The molecule has 4 heterocycles. The van der Waals surface area contributed by atoms with Crippen molar-refractivity contribution in [2.24, 2.45) is 0 Å². The number of hydrogen-bond acceptors (Lipinski definition) is 7. The maximum atomic E-state index is 4.62. The normalized spacial score (nSPS) is 14.9. The summed E-state index contributed by atoms with van der Waals surface area (Å²) < 4.78 is 0. The SMILES string of the molecule is c1ccc(-c2cc3c(N4CCN(c5nccs5)CC4)ncnc3s2)cc1. The molecule has 0 saturated carbocycles. The summed E-state index contributed by atoms with van der Waals surface area (Å²) in [5.74, 6) is 1.05. The number of piperazine rings is 1. The van der Waals surface area contributed by atoms with Crippen molar-refractivity contribution >= 4 is 43.8 Å². The quantitative estimate of drug-likeness (QED) is 0.535. The molecule has 1 saturated heterocycles. The van der Waals surface area contributed by atoms with Crippen LogP contribution in [0.2, 0.25) is 0 Å². The Labute approximate surface area is 159 Å². The maximum Gasteiger partial charge on any atom is 0.185 e. The highest BCUT2D eigenvalue weighted by atomic mass is 32.1. The van der Waals surface area contributed by atoms with Gasteiger partial charge in [-0.3, -0.25) is 0 Å². The largest absolute Gasteiger partial charge is 0.352 e. The molecule has 3 aromatic heterocycles. The summed E-state index contributed by atoms with van der Waals surface area (Å²) in [5.41, 5.74) is 1.23. The molecule has 0 radical (unpaired) electrons. The van der Waals surface area contributed by atoms with Crippen LogP contribution in [0.1, 0.15) is 0 Å². The number of anilines is 2. The van der Waals surface area contributed by atoms with Crippen molar-refractivity contribution in [2.45, 2.75) is 0 Å². The van der Waals surface area contributed by atoms with E-state index in [0.29, 0.717) is 0 Å². The lowest BCUT2D eigenvalue weighted by molar-refractivity contribution is 0.647. The molecule has 0 aliphatic carbocycles. The molecule has 0 unspecified atom stereocenters. The number of hydrogen-bond donors (Lipinski definition) is 0. The number of rotatable bonds is 3. The molecular weight excluding hydrogens is 362 g/mol. The summed E-state index contributed by atoms with van der Waals surface area (Å²) in [6.07, 6.45) is 3.56. The van der Waals surface area contributed by atoms with Crippen molar-refractivity contribution in [3.05, 3.63) is 54.3 Å². The summed E-state index contributed by atoms with van der Waals surface area (Å²) >= 11 is 3.43. The fourth-order valence-electron chi connectivity index (χ4n) is 3.32. The average molecular weight is 380 g/mol. The lowest BCUT2D eigenvalue weighted by Gasteiger charge is -2.35. The molecule has 1 aliphatic rings. The van der Waals surface area contributed by atoms with E-state index in [1.807, 2.05) is 17.6 Å². The van der Waals surface area contributed by atoms with Crippen LogP contribution in [-0.4, -0.2) is 41.1 Å². The highest BCUT2D eigenvalue weighted by Crippen LogP contribution is 2.36. The molecule has 4 aromatic rings. The molecular formula is C19H17N5S2. The first kappa shape index (κ1) is 15.7. The maximum absolute atomic E-state index is 4.62. The van der Waals surface area contributed by atoms with Gasteiger partial charge in [0.15, 0.2) is 5.13 Å². The minimum atomic E-state index is 0.947.